The maximum atomic E-state index is 6.37. The fourth-order valence-electron chi connectivity index (χ4n) is 7.49. The first-order chi connectivity index (χ1) is 27.2. The Hall–Kier alpha value is -7.37. The molecule has 0 bridgehead atoms. The molecule has 0 spiro atoms. The predicted molar refractivity (Wildman–Crippen MR) is 223 cm³/mol. The topological polar surface area (TPSA) is 59.9 Å². The molecular weight excluding hydrogens is 673 g/mol. The Labute approximate surface area is 319 Å². The van der Waals surface area contributed by atoms with Gasteiger partial charge in [0.2, 0.25) is 0 Å². The van der Waals surface area contributed by atoms with E-state index in [9.17, 15) is 0 Å². The Morgan fingerprint density at radius 3 is 1.45 bits per heavy atom. The average Bonchev–Trinajstić information content (AvgIpc) is 3.71. The Bertz CT molecular complexity index is 2780. The van der Waals surface area contributed by atoms with Crippen molar-refractivity contribution in [1.82, 2.24) is 15.0 Å². The van der Waals surface area contributed by atoms with Crippen LogP contribution in [0.5, 0.6) is 5.75 Å². The number of benzene rings is 8. The summed E-state index contributed by atoms with van der Waals surface area (Å²) in [5.74, 6) is 2.77. The molecule has 0 amide bonds. The zero-order chi connectivity index (χ0) is 36.6. The minimum atomic E-state index is -0.272. The van der Waals surface area contributed by atoms with Crippen LogP contribution in [-0.2, 0) is 0 Å². The van der Waals surface area contributed by atoms with E-state index in [2.05, 4.69) is 145 Å². The van der Waals surface area contributed by atoms with Crippen LogP contribution in [0.25, 0.3) is 78.3 Å². The number of anilines is 1. The van der Waals surface area contributed by atoms with E-state index in [0.717, 1.165) is 61.5 Å². The van der Waals surface area contributed by atoms with Crippen molar-refractivity contribution >= 4 is 16.5 Å². The highest BCUT2D eigenvalue weighted by Crippen LogP contribution is 2.42. The largest absolute Gasteiger partial charge is 0.464 e. The van der Waals surface area contributed by atoms with Gasteiger partial charge in [0.05, 0.1) is 5.69 Å². The molecule has 260 valence electrons. The van der Waals surface area contributed by atoms with E-state index in [4.69, 9.17) is 19.7 Å². The molecule has 0 fully saturated rings. The van der Waals surface area contributed by atoms with Crippen molar-refractivity contribution in [1.29, 1.82) is 0 Å². The fraction of sp³-hybridized carbons (Fsp3) is 0.0200. The van der Waals surface area contributed by atoms with Crippen LogP contribution < -0.4 is 10.1 Å². The van der Waals surface area contributed by atoms with Gasteiger partial charge in [-0.15, -0.1) is 0 Å². The third kappa shape index (κ3) is 6.18. The number of fused-ring (bicyclic) bond motifs is 2. The maximum absolute atomic E-state index is 6.37. The summed E-state index contributed by atoms with van der Waals surface area (Å²) in [7, 11) is 0. The number of aromatic nitrogens is 3. The molecule has 5 heteroatoms. The van der Waals surface area contributed by atoms with Gasteiger partial charge >= 0.3 is 0 Å². The summed E-state index contributed by atoms with van der Waals surface area (Å²) in [6.07, 6.45) is -0.272. The number of nitrogens with zero attached hydrogens (tertiary/aromatic N) is 3. The molecule has 1 N–H and O–H groups in total. The summed E-state index contributed by atoms with van der Waals surface area (Å²) in [6.45, 7) is 0. The molecule has 10 rings (SSSR count). The number of para-hydroxylation sites is 2. The first-order valence-electron chi connectivity index (χ1n) is 18.5. The molecule has 8 aromatic carbocycles. The zero-order valence-electron chi connectivity index (χ0n) is 29.8. The summed E-state index contributed by atoms with van der Waals surface area (Å²) in [4.78, 5) is 14.9. The lowest BCUT2D eigenvalue weighted by Crippen LogP contribution is -2.11. The van der Waals surface area contributed by atoms with Crippen LogP contribution in [-0.4, -0.2) is 15.0 Å². The standard InChI is InChI=1S/C50H34N4O/c1-3-13-33(14-4-1)34-25-29-37(30-26-34)48-52-47(36-15-5-2-6-16-36)53-49(54-48)38-31-27-35(28-32-38)39-19-11-21-41-40(39)20-12-22-42(41)43-17-7-8-18-44(43)50-51-45-23-9-10-24-46(45)55-50/h1-32,50-51H. The van der Waals surface area contributed by atoms with Crippen molar-refractivity contribution in [2.24, 2.45) is 0 Å². The number of hydrogen-bond acceptors (Lipinski definition) is 5. The van der Waals surface area contributed by atoms with E-state index in [1.165, 1.54) is 16.3 Å². The van der Waals surface area contributed by atoms with Gasteiger partial charge in [0.15, 0.2) is 23.7 Å². The van der Waals surface area contributed by atoms with Crippen molar-refractivity contribution in [3.63, 3.8) is 0 Å². The van der Waals surface area contributed by atoms with E-state index < -0.39 is 0 Å². The quantitative estimate of drug-likeness (QED) is 0.179. The lowest BCUT2D eigenvalue weighted by molar-refractivity contribution is 0.260. The fourth-order valence-corrected chi connectivity index (χ4v) is 7.49. The predicted octanol–water partition coefficient (Wildman–Crippen LogP) is 12.5. The van der Waals surface area contributed by atoms with Crippen LogP contribution in [0.15, 0.2) is 194 Å². The Morgan fingerprint density at radius 1 is 0.345 bits per heavy atom. The van der Waals surface area contributed by atoms with Crippen molar-refractivity contribution in [2.45, 2.75) is 6.23 Å². The third-order valence-electron chi connectivity index (χ3n) is 10.2. The Morgan fingerprint density at radius 2 is 0.800 bits per heavy atom. The molecule has 0 saturated heterocycles. The molecule has 0 aliphatic carbocycles. The first-order valence-corrected chi connectivity index (χ1v) is 18.5. The average molecular weight is 707 g/mol. The van der Waals surface area contributed by atoms with Crippen LogP contribution in [0.4, 0.5) is 5.69 Å². The van der Waals surface area contributed by atoms with E-state index in [-0.39, 0.29) is 6.23 Å². The normalized spacial score (nSPS) is 13.2. The van der Waals surface area contributed by atoms with Crippen molar-refractivity contribution in [3.05, 3.63) is 200 Å². The minimum absolute atomic E-state index is 0.272. The van der Waals surface area contributed by atoms with Gasteiger partial charge in [0.1, 0.15) is 5.75 Å². The molecule has 9 aromatic rings. The van der Waals surface area contributed by atoms with Gasteiger partial charge in [-0.05, 0) is 56.3 Å². The smallest absolute Gasteiger partial charge is 0.197 e. The van der Waals surface area contributed by atoms with E-state index >= 15 is 0 Å². The molecule has 1 unspecified atom stereocenters. The van der Waals surface area contributed by atoms with Crippen LogP contribution in [0, 0.1) is 0 Å². The lowest BCUT2D eigenvalue weighted by atomic mass is 9.90. The molecule has 1 aromatic heterocycles. The van der Waals surface area contributed by atoms with Gasteiger partial charge in [-0.2, -0.15) is 0 Å². The second kappa shape index (κ2) is 13.9. The van der Waals surface area contributed by atoms with Gasteiger partial charge in [0.25, 0.3) is 0 Å². The van der Waals surface area contributed by atoms with Gasteiger partial charge in [-0.3, -0.25) is 0 Å². The maximum Gasteiger partial charge on any atom is 0.197 e. The van der Waals surface area contributed by atoms with Gasteiger partial charge in [0, 0.05) is 22.3 Å². The van der Waals surface area contributed by atoms with Crippen molar-refractivity contribution in [3.8, 4) is 73.3 Å². The summed E-state index contributed by atoms with van der Waals surface area (Å²) in [6, 6.07) is 67.1. The van der Waals surface area contributed by atoms with Gasteiger partial charge < -0.3 is 10.1 Å². The lowest BCUT2D eigenvalue weighted by Gasteiger charge is -2.18. The van der Waals surface area contributed by atoms with E-state index in [0.29, 0.717) is 17.5 Å². The first kappa shape index (κ1) is 32.3. The molecule has 55 heavy (non-hydrogen) atoms. The second-order valence-electron chi connectivity index (χ2n) is 13.6. The summed E-state index contributed by atoms with van der Waals surface area (Å²) in [5.41, 5.74) is 11.8. The Balaban J connectivity index is 1.00. The number of hydrogen-bond donors (Lipinski definition) is 1. The summed E-state index contributed by atoms with van der Waals surface area (Å²) < 4.78 is 6.37. The SMILES string of the molecule is c1ccc(-c2ccc(-c3nc(-c4ccccc4)nc(-c4ccc(-c5cccc6c(-c7ccccc7C7Nc8ccccc8O7)cccc56)cc4)n3)cc2)cc1. The van der Waals surface area contributed by atoms with Crippen LogP contribution in [0.3, 0.4) is 0 Å². The van der Waals surface area contributed by atoms with Crippen LogP contribution in [0.2, 0.25) is 0 Å². The molecular formula is C50H34N4O. The molecule has 0 radical (unpaired) electrons. The highest BCUT2D eigenvalue weighted by atomic mass is 16.5. The van der Waals surface area contributed by atoms with Crippen LogP contribution >= 0.6 is 0 Å². The highest BCUT2D eigenvalue weighted by Gasteiger charge is 2.26. The summed E-state index contributed by atoms with van der Waals surface area (Å²) >= 11 is 0. The van der Waals surface area contributed by atoms with Gasteiger partial charge in [-0.1, -0.05) is 182 Å². The summed E-state index contributed by atoms with van der Waals surface area (Å²) in [5, 5.41) is 5.92. The van der Waals surface area contributed by atoms with Crippen molar-refractivity contribution in [2.75, 3.05) is 5.32 Å². The van der Waals surface area contributed by atoms with Gasteiger partial charge in [-0.25, -0.2) is 15.0 Å². The third-order valence-corrected chi connectivity index (χ3v) is 10.2. The Kier molecular flexibility index (Phi) is 8.15. The monoisotopic (exact) mass is 706 g/mol. The van der Waals surface area contributed by atoms with Crippen molar-refractivity contribution < 1.29 is 4.74 Å². The van der Waals surface area contributed by atoms with Crippen LogP contribution in [0.1, 0.15) is 11.8 Å². The molecule has 1 aliphatic heterocycles. The number of ether oxygens (including phenoxy) is 1. The molecule has 5 nitrogen and oxygen atoms in total. The molecule has 2 heterocycles. The molecule has 1 atom stereocenters. The second-order valence-corrected chi connectivity index (χ2v) is 13.6. The minimum Gasteiger partial charge on any atom is -0.464 e. The molecule has 1 aliphatic rings. The van der Waals surface area contributed by atoms with E-state index in [1.54, 1.807) is 0 Å². The number of rotatable bonds is 7. The molecule has 0 saturated carbocycles. The number of nitrogens with one attached hydrogen (secondary N) is 1. The highest BCUT2D eigenvalue weighted by molar-refractivity contribution is 6.05. The van der Waals surface area contributed by atoms with E-state index in [1.807, 2.05) is 54.6 Å². The zero-order valence-corrected chi connectivity index (χ0v) is 29.8.